The Labute approximate surface area is 190 Å². The van der Waals surface area contributed by atoms with Crippen LogP contribution in [0.1, 0.15) is 12.5 Å². The van der Waals surface area contributed by atoms with E-state index >= 15 is 0 Å². The molecule has 0 saturated carbocycles. The average Bonchev–Trinajstić information content (AvgIpc) is 2.99. The molecule has 168 valence electrons. The molecule has 0 aromatic heterocycles. The third-order valence-electron chi connectivity index (χ3n) is 5.19. The number of likely N-dealkylation sites (N-methyl/N-ethyl adjacent to an activating group) is 1. The lowest BCUT2D eigenvalue weighted by Gasteiger charge is -2.23. The number of amides is 5. The number of hydrogen-bond donors (Lipinski definition) is 2. The van der Waals surface area contributed by atoms with Crippen molar-refractivity contribution in [2.75, 3.05) is 32.6 Å². The standard InChI is InChI=1S/C22H23ClN4O5/c1-22(14-8-10-15(32-3)11-9-14)20(30)27(21(31)25-22)13-19(29)26(2)12-18(28)24-17-7-5-4-6-16(17)23/h4-11H,12-13H2,1-3H3,(H,24,28)(H,25,31). The van der Waals surface area contributed by atoms with Gasteiger partial charge in [0.15, 0.2) is 0 Å². The van der Waals surface area contributed by atoms with Crippen molar-refractivity contribution in [3.8, 4) is 5.75 Å². The SMILES string of the molecule is COc1ccc(C2(C)NC(=O)N(CC(=O)N(C)CC(=O)Nc3ccccc3Cl)C2=O)cc1. The Morgan fingerprint density at radius 1 is 1.16 bits per heavy atom. The molecule has 9 nitrogen and oxygen atoms in total. The van der Waals surface area contributed by atoms with Crippen LogP contribution in [0, 0.1) is 0 Å². The molecule has 10 heteroatoms. The number of halogens is 1. The van der Waals surface area contributed by atoms with Crippen LogP contribution in [-0.4, -0.2) is 60.8 Å². The summed E-state index contributed by atoms with van der Waals surface area (Å²) in [4.78, 5) is 52.3. The molecule has 1 atom stereocenters. The quantitative estimate of drug-likeness (QED) is 0.618. The van der Waals surface area contributed by atoms with E-state index in [0.29, 0.717) is 22.0 Å². The van der Waals surface area contributed by atoms with Gasteiger partial charge >= 0.3 is 6.03 Å². The van der Waals surface area contributed by atoms with Crippen LogP contribution >= 0.6 is 11.6 Å². The van der Waals surface area contributed by atoms with Crippen LogP contribution in [0.5, 0.6) is 5.75 Å². The van der Waals surface area contributed by atoms with E-state index in [1.807, 2.05) is 0 Å². The topological polar surface area (TPSA) is 108 Å². The summed E-state index contributed by atoms with van der Waals surface area (Å²) in [7, 11) is 2.94. The monoisotopic (exact) mass is 458 g/mol. The fourth-order valence-corrected chi connectivity index (χ4v) is 3.46. The molecule has 1 heterocycles. The summed E-state index contributed by atoms with van der Waals surface area (Å²) in [6.45, 7) is 0.802. The van der Waals surface area contributed by atoms with Gasteiger partial charge in [-0.15, -0.1) is 0 Å². The lowest BCUT2D eigenvalue weighted by molar-refractivity contribution is -0.139. The van der Waals surface area contributed by atoms with E-state index < -0.39 is 35.8 Å². The Kier molecular flexibility index (Phi) is 6.69. The summed E-state index contributed by atoms with van der Waals surface area (Å²) in [5.41, 5.74) is -0.340. The maximum atomic E-state index is 13.0. The number of anilines is 1. The smallest absolute Gasteiger partial charge is 0.325 e. The number of carbonyl (C=O) groups is 4. The molecule has 0 bridgehead atoms. The van der Waals surface area contributed by atoms with Gasteiger partial charge in [0.25, 0.3) is 5.91 Å². The van der Waals surface area contributed by atoms with Crippen LogP contribution in [0.15, 0.2) is 48.5 Å². The maximum Gasteiger partial charge on any atom is 0.325 e. The van der Waals surface area contributed by atoms with E-state index in [0.717, 1.165) is 9.80 Å². The summed E-state index contributed by atoms with van der Waals surface area (Å²) >= 11 is 6.02. The number of methoxy groups -OCH3 is 1. The molecule has 1 aliphatic heterocycles. The third-order valence-corrected chi connectivity index (χ3v) is 5.52. The summed E-state index contributed by atoms with van der Waals surface area (Å²) in [5.74, 6) is -0.983. The normalized spacial score (nSPS) is 17.7. The lowest BCUT2D eigenvalue weighted by Crippen LogP contribution is -2.45. The molecule has 1 unspecified atom stereocenters. The highest BCUT2D eigenvalue weighted by Crippen LogP contribution is 2.30. The number of nitrogens with zero attached hydrogens (tertiary/aromatic N) is 2. The molecule has 0 spiro atoms. The molecular weight excluding hydrogens is 436 g/mol. The van der Waals surface area contributed by atoms with Crippen LogP contribution in [0.3, 0.4) is 0 Å². The zero-order valence-corrected chi connectivity index (χ0v) is 18.6. The number of para-hydroxylation sites is 1. The molecule has 2 aromatic rings. The van der Waals surface area contributed by atoms with Gasteiger partial charge in [-0.3, -0.25) is 19.3 Å². The third kappa shape index (κ3) is 4.67. The summed E-state index contributed by atoms with van der Waals surface area (Å²) < 4.78 is 5.12. The lowest BCUT2D eigenvalue weighted by atomic mass is 9.92. The largest absolute Gasteiger partial charge is 0.497 e. The maximum absolute atomic E-state index is 13.0. The van der Waals surface area contributed by atoms with Gasteiger partial charge in [0.05, 0.1) is 24.4 Å². The molecule has 2 N–H and O–H groups in total. The number of imide groups is 1. The first-order valence-corrected chi connectivity index (χ1v) is 10.1. The summed E-state index contributed by atoms with van der Waals surface area (Å²) in [6.07, 6.45) is 0. The first-order valence-electron chi connectivity index (χ1n) is 9.72. The van der Waals surface area contributed by atoms with Crippen LogP contribution in [0.2, 0.25) is 5.02 Å². The predicted octanol–water partition coefficient (Wildman–Crippen LogP) is 2.21. The Bertz CT molecular complexity index is 1060. The minimum absolute atomic E-state index is 0.274. The first-order chi connectivity index (χ1) is 15.2. The van der Waals surface area contributed by atoms with Gasteiger partial charge in [-0.25, -0.2) is 4.79 Å². The van der Waals surface area contributed by atoms with E-state index in [1.165, 1.54) is 14.2 Å². The highest BCUT2D eigenvalue weighted by molar-refractivity contribution is 6.33. The molecule has 3 rings (SSSR count). The number of nitrogens with one attached hydrogen (secondary N) is 2. The van der Waals surface area contributed by atoms with Gasteiger partial charge in [0.2, 0.25) is 11.8 Å². The molecule has 32 heavy (non-hydrogen) atoms. The van der Waals surface area contributed by atoms with E-state index in [9.17, 15) is 19.2 Å². The van der Waals surface area contributed by atoms with E-state index in [4.69, 9.17) is 16.3 Å². The minimum Gasteiger partial charge on any atom is -0.497 e. The van der Waals surface area contributed by atoms with Crippen molar-refractivity contribution in [1.29, 1.82) is 0 Å². The van der Waals surface area contributed by atoms with Crippen LogP contribution in [0.25, 0.3) is 0 Å². The number of hydrogen-bond acceptors (Lipinski definition) is 5. The Hall–Kier alpha value is -3.59. The fraction of sp³-hybridized carbons (Fsp3) is 0.273. The van der Waals surface area contributed by atoms with Crippen molar-refractivity contribution in [1.82, 2.24) is 15.1 Å². The molecule has 1 saturated heterocycles. The second-order valence-electron chi connectivity index (χ2n) is 7.45. The van der Waals surface area contributed by atoms with Gasteiger partial charge < -0.3 is 20.3 Å². The Morgan fingerprint density at radius 2 is 1.81 bits per heavy atom. The van der Waals surface area contributed by atoms with Crippen LogP contribution < -0.4 is 15.4 Å². The molecule has 5 amide bonds. The number of benzene rings is 2. The minimum atomic E-state index is -1.32. The Morgan fingerprint density at radius 3 is 2.44 bits per heavy atom. The van der Waals surface area contributed by atoms with Crippen LogP contribution in [0.4, 0.5) is 10.5 Å². The van der Waals surface area contributed by atoms with Crippen LogP contribution in [-0.2, 0) is 19.9 Å². The van der Waals surface area contributed by atoms with Crippen molar-refractivity contribution in [3.05, 3.63) is 59.1 Å². The van der Waals surface area contributed by atoms with Crippen molar-refractivity contribution < 1.29 is 23.9 Å². The molecular formula is C22H23ClN4O5. The van der Waals surface area contributed by atoms with Crippen molar-refractivity contribution in [2.45, 2.75) is 12.5 Å². The van der Waals surface area contributed by atoms with E-state index in [1.54, 1.807) is 55.5 Å². The molecule has 1 fully saturated rings. The molecule has 2 aromatic carbocycles. The fourth-order valence-electron chi connectivity index (χ4n) is 3.27. The molecule has 1 aliphatic rings. The Balaban J connectivity index is 1.63. The van der Waals surface area contributed by atoms with Gasteiger partial charge in [-0.1, -0.05) is 35.9 Å². The second kappa shape index (κ2) is 9.27. The van der Waals surface area contributed by atoms with Gasteiger partial charge in [-0.2, -0.15) is 0 Å². The second-order valence-corrected chi connectivity index (χ2v) is 7.86. The number of rotatable bonds is 7. The highest BCUT2D eigenvalue weighted by atomic mass is 35.5. The number of urea groups is 1. The van der Waals surface area contributed by atoms with Gasteiger partial charge in [0, 0.05) is 7.05 Å². The van der Waals surface area contributed by atoms with Crippen molar-refractivity contribution >= 4 is 41.0 Å². The summed E-state index contributed by atoms with van der Waals surface area (Å²) in [5, 5.41) is 5.62. The molecule has 0 radical (unpaired) electrons. The predicted molar refractivity (Wildman–Crippen MR) is 118 cm³/mol. The molecule has 0 aliphatic carbocycles. The zero-order valence-electron chi connectivity index (χ0n) is 17.8. The van der Waals surface area contributed by atoms with Gasteiger partial charge in [-0.05, 0) is 36.8 Å². The van der Waals surface area contributed by atoms with Gasteiger partial charge in [0.1, 0.15) is 17.8 Å². The highest BCUT2D eigenvalue weighted by Gasteiger charge is 2.49. The zero-order chi connectivity index (χ0) is 23.5. The van der Waals surface area contributed by atoms with Crippen molar-refractivity contribution in [3.63, 3.8) is 0 Å². The van der Waals surface area contributed by atoms with E-state index in [2.05, 4.69) is 10.6 Å². The number of ether oxygens (including phenoxy) is 1. The van der Waals surface area contributed by atoms with Crippen molar-refractivity contribution in [2.24, 2.45) is 0 Å². The number of carbonyl (C=O) groups excluding carboxylic acids is 4. The summed E-state index contributed by atoms with van der Waals surface area (Å²) in [6, 6.07) is 12.7. The average molecular weight is 459 g/mol. The van der Waals surface area contributed by atoms with E-state index in [-0.39, 0.29) is 6.54 Å². The first kappa shape index (κ1) is 23.1.